The first-order chi connectivity index (χ1) is 14.1. The molecule has 154 valence electrons. The van der Waals surface area contributed by atoms with Gasteiger partial charge in [0.15, 0.2) is 17.2 Å². The van der Waals surface area contributed by atoms with E-state index >= 15 is 0 Å². The number of nitrogens with zero attached hydrogens (tertiary/aromatic N) is 1. The summed E-state index contributed by atoms with van der Waals surface area (Å²) in [4.78, 5) is 17.7. The van der Waals surface area contributed by atoms with Crippen molar-refractivity contribution in [1.82, 2.24) is 0 Å². The summed E-state index contributed by atoms with van der Waals surface area (Å²) >= 11 is 3.47. The molecule has 0 saturated carbocycles. The zero-order chi connectivity index (χ0) is 21.1. The van der Waals surface area contributed by atoms with E-state index in [4.69, 9.17) is 19.0 Å². The number of halogens is 1. The molecule has 0 bridgehead atoms. The van der Waals surface area contributed by atoms with Crippen LogP contribution in [-0.2, 0) is 27.4 Å². The van der Waals surface area contributed by atoms with Crippen LogP contribution in [0.2, 0.25) is 0 Å². The Kier molecular flexibility index (Phi) is 9.24. The molecule has 2 rings (SSSR count). The third-order valence-corrected chi connectivity index (χ3v) is 4.35. The molecule has 0 aliphatic carbocycles. The maximum Gasteiger partial charge on any atom is 0.356 e. The zero-order valence-electron chi connectivity index (χ0n) is 16.5. The number of carbonyl (C=O) groups is 1. The summed E-state index contributed by atoms with van der Waals surface area (Å²) in [7, 11) is 1.56. The summed E-state index contributed by atoms with van der Waals surface area (Å²) in [5.74, 6) is 0.566. The van der Waals surface area contributed by atoms with Gasteiger partial charge < -0.3 is 19.0 Å². The Morgan fingerprint density at radius 2 is 1.97 bits per heavy atom. The minimum Gasteiger partial charge on any atom is -0.492 e. The number of rotatable bonds is 11. The number of hydrogen-bond donors (Lipinski definition) is 0. The molecule has 0 N–H and O–H groups in total. The summed E-state index contributed by atoms with van der Waals surface area (Å²) in [6, 6.07) is 13.2. The molecule has 0 unspecified atom stereocenters. The lowest BCUT2D eigenvalue weighted by atomic mass is 10.1. The highest BCUT2D eigenvalue weighted by molar-refractivity contribution is 9.10. The molecule has 0 saturated heterocycles. The first kappa shape index (κ1) is 22.5. The number of methoxy groups -OCH3 is 1. The number of carbonyl (C=O) groups excluding carboxylic acids is 1. The van der Waals surface area contributed by atoms with Crippen molar-refractivity contribution in [3.8, 4) is 11.5 Å². The Balaban J connectivity index is 2.23. The molecule has 6 nitrogen and oxygen atoms in total. The van der Waals surface area contributed by atoms with E-state index in [9.17, 15) is 4.79 Å². The van der Waals surface area contributed by atoms with Crippen LogP contribution in [-0.4, -0.2) is 32.0 Å². The predicted octanol–water partition coefficient (Wildman–Crippen LogP) is 4.70. The van der Waals surface area contributed by atoms with E-state index in [0.717, 1.165) is 11.1 Å². The lowest BCUT2D eigenvalue weighted by molar-refractivity contribution is -0.135. The largest absolute Gasteiger partial charge is 0.492 e. The van der Waals surface area contributed by atoms with Gasteiger partial charge in [0.25, 0.3) is 0 Å². The van der Waals surface area contributed by atoms with E-state index in [1.165, 1.54) is 0 Å². The van der Waals surface area contributed by atoms with Crippen LogP contribution in [0.5, 0.6) is 11.5 Å². The minimum atomic E-state index is -0.527. The molecule has 29 heavy (non-hydrogen) atoms. The second-order valence-electron chi connectivity index (χ2n) is 5.90. The van der Waals surface area contributed by atoms with Gasteiger partial charge in [-0.3, -0.25) is 0 Å². The highest BCUT2D eigenvalue weighted by Crippen LogP contribution is 2.36. The molecule has 0 spiro atoms. The second kappa shape index (κ2) is 11.9. The van der Waals surface area contributed by atoms with Gasteiger partial charge >= 0.3 is 5.97 Å². The Morgan fingerprint density at radius 1 is 1.21 bits per heavy atom. The van der Waals surface area contributed by atoms with Crippen LogP contribution >= 0.6 is 15.9 Å². The van der Waals surface area contributed by atoms with Crippen molar-refractivity contribution in [1.29, 1.82) is 0 Å². The fraction of sp³-hybridized carbons (Fsp3) is 0.273. The molecule has 0 heterocycles. The summed E-state index contributed by atoms with van der Waals surface area (Å²) < 4.78 is 16.9. The van der Waals surface area contributed by atoms with Gasteiger partial charge in [-0.1, -0.05) is 48.1 Å². The number of hydrogen-bond acceptors (Lipinski definition) is 6. The van der Waals surface area contributed by atoms with Crippen LogP contribution in [0, 0.1) is 0 Å². The third-order valence-electron chi connectivity index (χ3n) is 3.76. The van der Waals surface area contributed by atoms with E-state index < -0.39 is 5.97 Å². The SMILES string of the molecule is C=CCOc1cc(C/C(=N/OCc2ccccc2)C(=O)OCC)cc(Br)c1OC. The first-order valence-corrected chi connectivity index (χ1v) is 9.88. The van der Waals surface area contributed by atoms with Crippen molar-refractivity contribution in [3.05, 3.63) is 70.7 Å². The lowest BCUT2D eigenvalue weighted by Crippen LogP contribution is -2.20. The Hall–Kier alpha value is -2.80. The zero-order valence-corrected chi connectivity index (χ0v) is 18.1. The van der Waals surface area contributed by atoms with Gasteiger partial charge in [-0.2, -0.15) is 0 Å². The molecule has 0 aliphatic heterocycles. The molecule has 0 radical (unpaired) electrons. The van der Waals surface area contributed by atoms with Gasteiger partial charge in [0.1, 0.15) is 13.2 Å². The van der Waals surface area contributed by atoms with Crippen LogP contribution in [0.15, 0.2) is 64.7 Å². The van der Waals surface area contributed by atoms with Crippen molar-refractivity contribution < 1.29 is 23.8 Å². The van der Waals surface area contributed by atoms with Crippen molar-refractivity contribution in [3.63, 3.8) is 0 Å². The summed E-state index contributed by atoms with van der Waals surface area (Å²) in [6.45, 7) is 6.22. The fourth-order valence-corrected chi connectivity index (χ4v) is 3.14. The van der Waals surface area contributed by atoms with Crippen LogP contribution in [0.4, 0.5) is 0 Å². The smallest absolute Gasteiger partial charge is 0.356 e. The van der Waals surface area contributed by atoms with Gasteiger partial charge in [-0.15, -0.1) is 0 Å². The molecule has 0 aliphatic rings. The second-order valence-corrected chi connectivity index (χ2v) is 6.76. The standard InChI is InChI=1S/C22H24BrNO5/c1-4-11-28-20-14-17(12-18(23)21(20)26-3)13-19(22(25)27-5-2)24-29-15-16-9-7-6-8-10-16/h4,6-10,12,14H,1,5,11,13,15H2,2-3H3/b24-19-. The highest BCUT2D eigenvalue weighted by Gasteiger charge is 2.18. The van der Waals surface area contributed by atoms with Crippen LogP contribution in [0.25, 0.3) is 0 Å². The van der Waals surface area contributed by atoms with Crippen molar-refractivity contribution in [2.45, 2.75) is 20.0 Å². The normalized spacial score (nSPS) is 10.9. The van der Waals surface area contributed by atoms with Gasteiger partial charge in [0.2, 0.25) is 0 Å². The van der Waals surface area contributed by atoms with Crippen molar-refractivity contribution >= 4 is 27.6 Å². The van der Waals surface area contributed by atoms with Crippen LogP contribution in [0.1, 0.15) is 18.1 Å². The number of benzene rings is 2. The van der Waals surface area contributed by atoms with Gasteiger partial charge in [0.05, 0.1) is 18.2 Å². The lowest BCUT2D eigenvalue weighted by Gasteiger charge is -2.14. The molecular formula is C22H24BrNO5. The molecule has 2 aromatic rings. The first-order valence-electron chi connectivity index (χ1n) is 9.09. The predicted molar refractivity (Wildman–Crippen MR) is 115 cm³/mol. The maximum atomic E-state index is 12.3. The Bertz CT molecular complexity index is 852. The molecule has 0 amide bonds. The van der Waals surface area contributed by atoms with Crippen molar-refractivity contribution in [2.75, 3.05) is 20.3 Å². The van der Waals surface area contributed by atoms with Gasteiger partial charge in [0, 0.05) is 6.42 Å². The molecule has 0 aromatic heterocycles. The molecule has 0 fully saturated rings. The van der Waals surface area contributed by atoms with E-state index in [1.807, 2.05) is 36.4 Å². The summed E-state index contributed by atoms with van der Waals surface area (Å²) in [6.07, 6.45) is 1.85. The highest BCUT2D eigenvalue weighted by atomic mass is 79.9. The van der Waals surface area contributed by atoms with Gasteiger partial charge in [-0.25, -0.2) is 4.79 Å². The monoisotopic (exact) mass is 461 g/mol. The topological polar surface area (TPSA) is 66.4 Å². The minimum absolute atomic E-state index is 0.162. The van der Waals surface area contributed by atoms with Gasteiger partial charge in [-0.05, 0) is 46.1 Å². The summed E-state index contributed by atoms with van der Waals surface area (Å²) in [5, 5.41) is 4.04. The number of esters is 1. The summed E-state index contributed by atoms with van der Waals surface area (Å²) in [5.41, 5.74) is 1.90. The molecule has 2 aromatic carbocycles. The van der Waals surface area contributed by atoms with E-state index in [0.29, 0.717) is 22.6 Å². The van der Waals surface area contributed by atoms with Crippen LogP contribution < -0.4 is 9.47 Å². The van der Waals surface area contributed by atoms with E-state index in [1.54, 1.807) is 26.2 Å². The Morgan fingerprint density at radius 3 is 2.62 bits per heavy atom. The fourth-order valence-electron chi connectivity index (χ4n) is 2.49. The van der Waals surface area contributed by atoms with Crippen molar-refractivity contribution in [2.24, 2.45) is 5.16 Å². The quantitative estimate of drug-likeness (QED) is 0.210. The molecule has 7 heteroatoms. The average Bonchev–Trinajstić information content (AvgIpc) is 2.72. The van der Waals surface area contributed by atoms with E-state index in [-0.39, 0.29) is 25.3 Å². The molecule has 0 atom stereocenters. The maximum absolute atomic E-state index is 12.3. The third kappa shape index (κ3) is 6.94. The average molecular weight is 462 g/mol. The van der Waals surface area contributed by atoms with E-state index in [2.05, 4.69) is 27.7 Å². The molecular weight excluding hydrogens is 438 g/mol. The van der Waals surface area contributed by atoms with Crippen LogP contribution in [0.3, 0.4) is 0 Å². The number of ether oxygens (including phenoxy) is 3. The number of oxime groups is 1. The Labute approximate surface area is 179 Å².